The number of nitrogens with two attached hydrogens (primary N) is 1. The molecule has 2 rings (SSSR count). The number of ether oxygens (including phenoxy) is 1. The minimum Gasteiger partial charge on any atom is -0.494 e. The summed E-state index contributed by atoms with van der Waals surface area (Å²) < 4.78 is 18.2. The summed E-state index contributed by atoms with van der Waals surface area (Å²) in [6.45, 7) is 0.596. The molecule has 1 aromatic heterocycles. The maximum Gasteiger partial charge on any atom is 0.201 e. The molecule has 5 nitrogen and oxygen atoms in total. The molecule has 1 heterocycles. The molecule has 0 fully saturated rings. The number of methoxy groups -OCH3 is 1. The van der Waals surface area contributed by atoms with Gasteiger partial charge in [-0.05, 0) is 12.1 Å². The lowest BCUT2D eigenvalue weighted by molar-refractivity contribution is 0.419. The summed E-state index contributed by atoms with van der Waals surface area (Å²) in [5, 5.41) is 0. The summed E-state index contributed by atoms with van der Waals surface area (Å²) in [5.41, 5.74) is 7.51. The molecule has 2 aromatic rings. The van der Waals surface area contributed by atoms with Gasteiger partial charge in [0.05, 0.1) is 12.6 Å². The molecule has 1 unspecified atom stereocenters. The van der Waals surface area contributed by atoms with Crippen LogP contribution in [0.2, 0.25) is 0 Å². The number of benzene rings is 1. The molecule has 92 valence electrons. The van der Waals surface area contributed by atoms with E-state index in [2.05, 4.69) is 4.98 Å². The first-order valence-corrected chi connectivity index (χ1v) is 6.95. The molecule has 0 radical (unpaired) electrons. The Hall–Kier alpha value is -1.56. The number of fused-ring (bicyclic) bond motifs is 1. The zero-order valence-corrected chi connectivity index (χ0v) is 10.7. The predicted molar refractivity (Wildman–Crippen MR) is 69.6 cm³/mol. The Morgan fingerprint density at radius 2 is 2.29 bits per heavy atom. The fraction of sp³-hybridized carbons (Fsp3) is 0.364. The van der Waals surface area contributed by atoms with E-state index in [1.165, 1.54) is 0 Å². The Kier molecular flexibility index (Phi) is 3.33. The Balaban J connectivity index is 2.48. The number of nitrogen functional groups attached to an aromatic ring is 1. The lowest BCUT2D eigenvalue weighted by Gasteiger charge is -2.05. The van der Waals surface area contributed by atoms with Crippen LogP contribution in [-0.2, 0) is 17.3 Å². The molecule has 0 bridgehead atoms. The summed E-state index contributed by atoms with van der Waals surface area (Å²) >= 11 is 0. The van der Waals surface area contributed by atoms with Crippen LogP contribution in [0, 0.1) is 0 Å². The highest BCUT2D eigenvalue weighted by molar-refractivity contribution is 7.84. The smallest absolute Gasteiger partial charge is 0.201 e. The second-order valence-electron chi connectivity index (χ2n) is 3.73. The number of aromatic nitrogens is 2. The topological polar surface area (TPSA) is 70.1 Å². The molecule has 0 aliphatic rings. The van der Waals surface area contributed by atoms with Crippen LogP contribution in [0.25, 0.3) is 11.0 Å². The molecular weight excluding hydrogens is 238 g/mol. The van der Waals surface area contributed by atoms with Crippen molar-refractivity contribution in [2.45, 2.75) is 6.54 Å². The normalized spacial score (nSPS) is 12.8. The highest BCUT2D eigenvalue weighted by Gasteiger charge is 2.11. The maximum absolute atomic E-state index is 11.1. The number of hydrogen-bond acceptors (Lipinski definition) is 4. The highest BCUT2D eigenvalue weighted by atomic mass is 32.2. The predicted octanol–water partition coefficient (Wildman–Crippen LogP) is 1.01. The van der Waals surface area contributed by atoms with Crippen molar-refractivity contribution in [2.24, 2.45) is 0 Å². The zero-order valence-electron chi connectivity index (χ0n) is 9.84. The van der Waals surface area contributed by atoms with Crippen LogP contribution in [0.15, 0.2) is 18.2 Å². The van der Waals surface area contributed by atoms with Gasteiger partial charge in [0.25, 0.3) is 0 Å². The standard InChI is InChI=1S/C11H15N3O2S/c1-16-9-5-3-4-8-10(9)13-11(12)14(8)6-7-17(2)15/h3-5H,6-7H2,1-2H3,(H2,12,13). The SMILES string of the molecule is COc1cccc2c1nc(N)n2CCS(C)=O. The summed E-state index contributed by atoms with van der Waals surface area (Å²) in [7, 11) is 0.758. The lowest BCUT2D eigenvalue weighted by Crippen LogP contribution is -2.09. The fourth-order valence-electron chi connectivity index (χ4n) is 1.76. The molecule has 0 aliphatic carbocycles. The van der Waals surface area contributed by atoms with Crippen LogP contribution in [0.1, 0.15) is 0 Å². The van der Waals surface area contributed by atoms with Crippen molar-refractivity contribution in [1.29, 1.82) is 0 Å². The zero-order chi connectivity index (χ0) is 12.4. The van der Waals surface area contributed by atoms with Gasteiger partial charge in [-0.3, -0.25) is 4.21 Å². The van der Waals surface area contributed by atoms with Crippen molar-refractivity contribution in [3.8, 4) is 5.75 Å². The molecule has 0 saturated carbocycles. The molecule has 0 amide bonds. The van der Waals surface area contributed by atoms with E-state index in [0.717, 1.165) is 11.0 Å². The van der Waals surface area contributed by atoms with Gasteiger partial charge in [-0.2, -0.15) is 0 Å². The number of nitrogens with zero attached hydrogens (tertiary/aromatic N) is 2. The molecule has 17 heavy (non-hydrogen) atoms. The summed E-state index contributed by atoms with van der Waals surface area (Å²) in [4.78, 5) is 4.28. The van der Waals surface area contributed by atoms with Gasteiger partial charge in [0.1, 0.15) is 11.3 Å². The van der Waals surface area contributed by atoms with Crippen molar-refractivity contribution in [2.75, 3.05) is 24.9 Å². The van der Waals surface area contributed by atoms with Gasteiger partial charge in [0.2, 0.25) is 5.95 Å². The molecule has 2 N–H and O–H groups in total. The molecular formula is C11H15N3O2S. The molecule has 1 atom stereocenters. The number of anilines is 1. The van der Waals surface area contributed by atoms with E-state index in [9.17, 15) is 4.21 Å². The second kappa shape index (κ2) is 4.75. The van der Waals surface area contributed by atoms with Gasteiger partial charge in [0, 0.05) is 29.4 Å². The van der Waals surface area contributed by atoms with Crippen molar-refractivity contribution in [1.82, 2.24) is 9.55 Å². The van der Waals surface area contributed by atoms with Crippen molar-refractivity contribution in [3.05, 3.63) is 18.2 Å². The Labute approximate surface area is 102 Å². The average molecular weight is 253 g/mol. The van der Waals surface area contributed by atoms with E-state index in [1.807, 2.05) is 22.8 Å². The van der Waals surface area contributed by atoms with E-state index in [1.54, 1.807) is 13.4 Å². The van der Waals surface area contributed by atoms with Crippen LogP contribution in [0.5, 0.6) is 5.75 Å². The minimum absolute atomic E-state index is 0.426. The Bertz CT molecular complexity index is 565. The third kappa shape index (κ3) is 2.26. The first-order chi connectivity index (χ1) is 8.13. The monoisotopic (exact) mass is 253 g/mol. The average Bonchev–Trinajstić information content (AvgIpc) is 2.62. The summed E-state index contributed by atoms with van der Waals surface area (Å²) in [5.74, 6) is 1.69. The van der Waals surface area contributed by atoms with Crippen molar-refractivity contribution < 1.29 is 8.95 Å². The number of rotatable bonds is 4. The van der Waals surface area contributed by atoms with Gasteiger partial charge in [-0.1, -0.05) is 6.07 Å². The Morgan fingerprint density at radius 3 is 2.94 bits per heavy atom. The van der Waals surface area contributed by atoms with E-state index >= 15 is 0 Å². The van der Waals surface area contributed by atoms with E-state index in [0.29, 0.717) is 24.0 Å². The van der Waals surface area contributed by atoms with Gasteiger partial charge in [0.15, 0.2) is 0 Å². The lowest BCUT2D eigenvalue weighted by atomic mass is 10.3. The molecule has 0 aliphatic heterocycles. The number of imidazole rings is 1. The maximum atomic E-state index is 11.1. The van der Waals surface area contributed by atoms with Crippen LogP contribution in [0.4, 0.5) is 5.95 Å². The molecule has 6 heteroatoms. The van der Waals surface area contributed by atoms with E-state index in [-0.39, 0.29) is 0 Å². The Morgan fingerprint density at radius 1 is 1.53 bits per heavy atom. The van der Waals surface area contributed by atoms with Crippen molar-refractivity contribution >= 4 is 27.8 Å². The number of hydrogen-bond donors (Lipinski definition) is 1. The van der Waals surface area contributed by atoms with Gasteiger partial charge >= 0.3 is 0 Å². The summed E-state index contributed by atoms with van der Waals surface area (Å²) in [6.07, 6.45) is 1.68. The first kappa shape index (κ1) is 11.9. The minimum atomic E-state index is -0.844. The van der Waals surface area contributed by atoms with Crippen LogP contribution >= 0.6 is 0 Å². The second-order valence-corrected chi connectivity index (χ2v) is 5.28. The first-order valence-electron chi connectivity index (χ1n) is 5.22. The molecule has 0 spiro atoms. The molecule has 1 aromatic carbocycles. The van der Waals surface area contributed by atoms with E-state index in [4.69, 9.17) is 10.5 Å². The third-order valence-electron chi connectivity index (χ3n) is 2.59. The van der Waals surface area contributed by atoms with Crippen LogP contribution in [0.3, 0.4) is 0 Å². The number of aryl methyl sites for hydroxylation is 1. The fourth-order valence-corrected chi connectivity index (χ4v) is 2.20. The largest absolute Gasteiger partial charge is 0.494 e. The van der Waals surface area contributed by atoms with E-state index < -0.39 is 10.8 Å². The highest BCUT2D eigenvalue weighted by Crippen LogP contribution is 2.26. The van der Waals surface area contributed by atoms with Crippen LogP contribution < -0.4 is 10.5 Å². The third-order valence-corrected chi connectivity index (χ3v) is 3.35. The molecule has 0 saturated heterocycles. The van der Waals surface area contributed by atoms with Crippen LogP contribution in [-0.4, -0.2) is 32.9 Å². The summed E-state index contributed by atoms with van der Waals surface area (Å²) in [6, 6.07) is 5.67. The van der Waals surface area contributed by atoms with Crippen molar-refractivity contribution in [3.63, 3.8) is 0 Å². The number of para-hydroxylation sites is 1. The van der Waals surface area contributed by atoms with Gasteiger partial charge in [-0.15, -0.1) is 0 Å². The van der Waals surface area contributed by atoms with Gasteiger partial charge < -0.3 is 15.0 Å². The van der Waals surface area contributed by atoms with Gasteiger partial charge in [-0.25, -0.2) is 4.98 Å². The quantitative estimate of drug-likeness (QED) is 0.882.